The summed E-state index contributed by atoms with van der Waals surface area (Å²) in [4.78, 5) is 19.2. The number of hydrogen-bond donors (Lipinski definition) is 2. The Morgan fingerprint density at radius 1 is 1.09 bits per heavy atom. The van der Waals surface area contributed by atoms with Gasteiger partial charge in [0.15, 0.2) is 5.78 Å². The third-order valence-corrected chi connectivity index (χ3v) is 6.46. The van der Waals surface area contributed by atoms with E-state index in [0.29, 0.717) is 41.8 Å². The molecule has 0 radical (unpaired) electrons. The third-order valence-electron chi connectivity index (χ3n) is 6.46. The molecule has 0 spiro atoms. The predicted molar refractivity (Wildman–Crippen MR) is 130 cm³/mol. The van der Waals surface area contributed by atoms with E-state index in [9.17, 15) is 15.3 Å². The zero-order valence-electron chi connectivity index (χ0n) is 18.8. The Morgan fingerprint density at radius 3 is 2.56 bits per heavy atom. The smallest absolute Gasteiger partial charge is 0.161 e. The van der Waals surface area contributed by atoms with Gasteiger partial charge in [0.2, 0.25) is 0 Å². The normalized spacial score (nSPS) is 19.8. The highest BCUT2D eigenvalue weighted by atomic mass is 19.1. The van der Waals surface area contributed by atoms with Crippen molar-refractivity contribution in [2.75, 3.05) is 4.90 Å². The average Bonchev–Trinajstić information content (AvgIpc) is 2.84. The molecule has 6 heteroatoms. The molecule has 0 saturated carbocycles. The molecule has 1 aliphatic heterocycles. The van der Waals surface area contributed by atoms with Crippen LogP contribution in [-0.2, 0) is 4.79 Å². The van der Waals surface area contributed by atoms with Crippen LogP contribution < -0.4 is 4.90 Å². The SMILES string of the molecule is Cc1ccc(/C(O)=C2/C(=N)N(c3cccnc3)C3=C(C(=O)CCC3)C2c2ccccc2F)cc1. The molecule has 5 rings (SSSR count). The minimum Gasteiger partial charge on any atom is -0.507 e. The molecule has 2 aliphatic rings. The fourth-order valence-corrected chi connectivity index (χ4v) is 4.85. The van der Waals surface area contributed by atoms with E-state index < -0.39 is 11.7 Å². The first-order valence-corrected chi connectivity index (χ1v) is 11.3. The summed E-state index contributed by atoms with van der Waals surface area (Å²) in [5, 5.41) is 20.7. The van der Waals surface area contributed by atoms with Gasteiger partial charge in [-0.05, 0) is 38.0 Å². The van der Waals surface area contributed by atoms with E-state index >= 15 is 4.39 Å². The molecule has 3 aromatic rings. The maximum Gasteiger partial charge on any atom is 0.161 e. The first-order chi connectivity index (χ1) is 16.5. The maximum absolute atomic E-state index is 15.2. The Hall–Kier alpha value is -4.06. The van der Waals surface area contributed by atoms with Gasteiger partial charge in [-0.25, -0.2) is 4.39 Å². The van der Waals surface area contributed by atoms with Crippen molar-refractivity contribution in [2.24, 2.45) is 0 Å². The van der Waals surface area contributed by atoms with Crippen LogP contribution in [0, 0.1) is 18.2 Å². The van der Waals surface area contributed by atoms with Crippen LogP contribution in [0.25, 0.3) is 5.76 Å². The van der Waals surface area contributed by atoms with Crippen molar-refractivity contribution in [3.8, 4) is 0 Å². The van der Waals surface area contributed by atoms with Crippen molar-refractivity contribution in [2.45, 2.75) is 32.1 Å². The number of benzene rings is 2. The first kappa shape index (κ1) is 21.8. The van der Waals surface area contributed by atoms with E-state index in [1.165, 1.54) is 6.07 Å². The number of aliphatic hydroxyl groups is 1. The molecule has 1 atom stereocenters. The largest absolute Gasteiger partial charge is 0.507 e. The highest BCUT2D eigenvalue weighted by Gasteiger charge is 2.44. The van der Waals surface area contributed by atoms with Crippen molar-refractivity contribution in [1.82, 2.24) is 4.98 Å². The van der Waals surface area contributed by atoms with E-state index in [4.69, 9.17) is 0 Å². The molecule has 1 aliphatic carbocycles. The molecule has 0 fully saturated rings. The summed E-state index contributed by atoms with van der Waals surface area (Å²) in [7, 11) is 0. The van der Waals surface area contributed by atoms with Crippen molar-refractivity contribution < 1.29 is 14.3 Å². The highest BCUT2D eigenvalue weighted by molar-refractivity contribution is 6.19. The maximum atomic E-state index is 15.2. The zero-order chi connectivity index (χ0) is 23.8. The van der Waals surface area contributed by atoms with Crippen LogP contribution in [0.15, 0.2) is 89.9 Å². The number of halogens is 1. The van der Waals surface area contributed by atoms with Crippen LogP contribution >= 0.6 is 0 Å². The summed E-state index contributed by atoms with van der Waals surface area (Å²) in [6, 6.07) is 17.1. The number of allylic oxidation sites excluding steroid dienone is 2. The molecule has 0 saturated heterocycles. The fraction of sp³-hybridized carbons (Fsp3) is 0.179. The number of hydrogen-bond acceptors (Lipinski definition) is 4. The standard InChI is InChI=1S/C28H24FN3O2/c1-17-11-13-18(14-12-17)27(34)26-24(20-7-2-3-8-21(20)29)25-22(9-4-10-23(25)33)32(28(26)30)19-6-5-15-31-16-19/h2-3,5-8,11-16,24,30,34H,4,9-10H2,1H3/b27-26-,30-28?. The summed E-state index contributed by atoms with van der Waals surface area (Å²) in [5.41, 5.74) is 3.73. The summed E-state index contributed by atoms with van der Waals surface area (Å²) in [6.45, 7) is 1.95. The number of ketones is 1. The monoisotopic (exact) mass is 453 g/mol. The van der Waals surface area contributed by atoms with Gasteiger partial charge in [0.25, 0.3) is 0 Å². The van der Waals surface area contributed by atoms with Crippen LogP contribution in [0.5, 0.6) is 0 Å². The van der Waals surface area contributed by atoms with Crippen LogP contribution in [0.2, 0.25) is 0 Å². The molecule has 170 valence electrons. The number of aromatic nitrogens is 1. The number of Topliss-reactive ketones (excluding diaryl/α,β-unsaturated/α-hetero) is 1. The lowest BCUT2D eigenvalue weighted by molar-refractivity contribution is -0.116. The van der Waals surface area contributed by atoms with Gasteiger partial charge >= 0.3 is 0 Å². The number of aryl methyl sites for hydroxylation is 1. The quantitative estimate of drug-likeness (QED) is 0.471. The van der Waals surface area contributed by atoms with Gasteiger partial charge in [-0.3, -0.25) is 20.1 Å². The molecule has 0 bridgehead atoms. The summed E-state index contributed by atoms with van der Waals surface area (Å²) in [5.74, 6) is -1.59. The Labute approximate surface area is 197 Å². The van der Waals surface area contributed by atoms with E-state index in [1.54, 1.807) is 53.7 Å². The van der Waals surface area contributed by atoms with Crippen LogP contribution in [-0.4, -0.2) is 21.7 Å². The number of nitrogens with one attached hydrogen (secondary N) is 1. The Balaban J connectivity index is 1.84. The minimum atomic E-state index is -0.884. The second kappa shape index (κ2) is 8.71. The molecule has 1 unspecified atom stereocenters. The van der Waals surface area contributed by atoms with Crippen molar-refractivity contribution in [3.63, 3.8) is 0 Å². The van der Waals surface area contributed by atoms with Crippen molar-refractivity contribution in [3.05, 3.63) is 112 Å². The number of amidine groups is 1. The van der Waals surface area contributed by atoms with E-state index in [2.05, 4.69) is 4.98 Å². The molecule has 2 N–H and O–H groups in total. The van der Waals surface area contributed by atoms with Gasteiger partial charge in [-0.1, -0.05) is 48.0 Å². The number of pyridine rings is 1. The molecule has 34 heavy (non-hydrogen) atoms. The number of rotatable bonds is 3. The first-order valence-electron chi connectivity index (χ1n) is 11.3. The van der Waals surface area contributed by atoms with Gasteiger partial charge in [0.1, 0.15) is 17.4 Å². The van der Waals surface area contributed by atoms with E-state index in [0.717, 1.165) is 5.56 Å². The summed E-state index contributed by atoms with van der Waals surface area (Å²) >= 11 is 0. The van der Waals surface area contributed by atoms with E-state index in [-0.39, 0.29) is 28.5 Å². The lowest BCUT2D eigenvalue weighted by Gasteiger charge is -2.41. The molecular weight excluding hydrogens is 429 g/mol. The molecule has 2 heterocycles. The number of aliphatic hydroxyl groups excluding tert-OH is 1. The molecule has 5 nitrogen and oxygen atoms in total. The van der Waals surface area contributed by atoms with Gasteiger partial charge in [0.05, 0.1) is 11.9 Å². The number of carbonyl (C=O) groups excluding carboxylic acids is 1. The number of nitrogens with zero attached hydrogens (tertiary/aromatic N) is 2. The van der Waals surface area contributed by atoms with Gasteiger partial charge in [-0.15, -0.1) is 0 Å². The van der Waals surface area contributed by atoms with Crippen LogP contribution in [0.1, 0.15) is 41.9 Å². The summed E-state index contributed by atoms with van der Waals surface area (Å²) in [6.07, 6.45) is 4.83. The second-order valence-electron chi connectivity index (χ2n) is 8.62. The van der Waals surface area contributed by atoms with Gasteiger partial charge < -0.3 is 5.11 Å². The molecule has 1 aromatic heterocycles. The molecule has 2 aromatic carbocycles. The topological polar surface area (TPSA) is 77.3 Å². The highest BCUT2D eigenvalue weighted by Crippen LogP contribution is 2.48. The fourth-order valence-electron chi connectivity index (χ4n) is 4.85. The number of anilines is 1. The molecular formula is C28H24FN3O2. The average molecular weight is 454 g/mol. The number of carbonyl (C=O) groups is 1. The lowest BCUT2D eigenvalue weighted by atomic mass is 9.73. The van der Waals surface area contributed by atoms with Crippen LogP contribution in [0.3, 0.4) is 0 Å². The Kier molecular flexibility index (Phi) is 5.57. The molecule has 0 amide bonds. The van der Waals surface area contributed by atoms with Crippen LogP contribution in [0.4, 0.5) is 10.1 Å². The predicted octanol–water partition coefficient (Wildman–Crippen LogP) is 6.09. The second-order valence-corrected chi connectivity index (χ2v) is 8.62. The van der Waals surface area contributed by atoms with Crippen molar-refractivity contribution in [1.29, 1.82) is 5.41 Å². The Bertz CT molecular complexity index is 1340. The lowest BCUT2D eigenvalue weighted by Crippen LogP contribution is -2.42. The zero-order valence-corrected chi connectivity index (χ0v) is 18.8. The van der Waals surface area contributed by atoms with Gasteiger partial charge in [-0.2, -0.15) is 0 Å². The van der Waals surface area contributed by atoms with Crippen molar-refractivity contribution >= 4 is 23.1 Å². The minimum absolute atomic E-state index is 0.00720. The third kappa shape index (κ3) is 3.61. The van der Waals surface area contributed by atoms with E-state index in [1.807, 2.05) is 25.1 Å². The Morgan fingerprint density at radius 2 is 1.85 bits per heavy atom. The summed E-state index contributed by atoms with van der Waals surface area (Å²) < 4.78 is 15.2. The van der Waals surface area contributed by atoms with Gasteiger partial charge in [0, 0.05) is 46.5 Å².